The summed E-state index contributed by atoms with van der Waals surface area (Å²) < 4.78 is 29.8. The van der Waals surface area contributed by atoms with E-state index in [1.807, 2.05) is 0 Å². The summed E-state index contributed by atoms with van der Waals surface area (Å²) >= 11 is 0. The molecule has 0 aromatic carbocycles. The molecule has 0 N–H and O–H groups in total. The monoisotopic (exact) mass is 174 g/mol. The zero-order valence-corrected chi connectivity index (χ0v) is 9.65. The molecule has 48 valence electrons. The SMILES string of the molecule is C/C=C(\C)S(=O)(=O)[O-].[K+]. The fourth-order valence-corrected chi connectivity index (χ4v) is 0.433. The van der Waals surface area contributed by atoms with Crippen LogP contribution in [0.2, 0.25) is 0 Å². The minimum Gasteiger partial charge on any atom is -0.744 e. The predicted molar refractivity (Wildman–Crippen MR) is 29.1 cm³/mol. The van der Waals surface area contributed by atoms with E-state index in [1.165, 1.54) is 19.9 Å². The summed E-state index contributed by atoms with van der Waals surface area (Å²) in [5.74, 6) is 0. The van der Waals surface area contributed by atoms with Crippen LogP contribution in [0.4, 0.5) is 0 Å². The minimum absolute atomic E-state index is 0. The van der Waals surface area contributed by atoms with Gasteiger partial charge in [-0.15, -0.1) is 0 Å². The summed E-state index contributed by atoms with van der Waals surface area (Å²) in [5.41, 5.74) is 0. The molecule has 0 spiro atoms. The van der Waals surface area contributed by atoms with E-state index in [0.717, 1.165) is 0 Å². The van der Waals surface area contributed by atoms with Crippen molar-refractivity contribution >= 4 is 10.1 Å². The summed E-state index contributed by atoms with van der Waals surface area (Å²) in [4.78, 5) is -0.127. The summed E-state index contributed by atoms with van der Waals surface area (Å²) in [5, 5.41) is 0. The van der Waals surface area contributed by atoms with E-state index in [0.29, 0.717) is 0 Å². The van der Waals surface area contributed by atoms with Crippen LogP contribution < -0.4 is 51.4 Å². The van der Waals surface area contributed by atoms with Crippen LogP contribution in [-0.4, -0.2) is 13.0 Å². The molecule has 0 rings (SSSR count). The number of hydrogen-bond donors (Lipinski definition) is 0. The van der Waals surface area contributed by atoms with Crippen LogP contribution >= 0.6 is 0 Å². The second-order valence-corrected chi connectivity index (χ2v) is 2.91. The minimum atomic E-state index is -4.14. The quantitative estimate of drug-likeness (QED) is 0.325. The van der Waals surface area contributed by atoms with Crippen LogP contribution in [0.25, 0.3) is 0 Å². The van der Waals surface area contributed by atoms with Crippen molar-refractivity contribution in [2.75, 3.05) is 0 Å². The number of allylic oxidation sites excluding steroid dienone is 2. The molecule has 5 heteroatoms. The first kappa shape index (κ1) is 12.9. The maximum Gasteiger partial charge on any atom is 1.00 e. The van der Waals surface area contributed by atoms with E-state index in [-0.39, 0.29) is 56.3 Å². The second kappa shape index (κ2) is 5.01. The van der Waals surface area contributed by atoms with Gasteiger partial charge in [0.05, 0.1) is 0 Å². The summed E-state index contributed by atoms with van der Waals surface area (Å²) in [7, 11) is -4.14. The molecule has 0 radical (unpaired) electrons. The van der Waals surface area contributed by atoms with Crippen molar-refractivity contribution in [3.05, 3.63) is 11.0 Å². The van der Waals surface area contributed by atoms with Gasteiger partial charge in [0.1, 0.15) is 10.1 Å². The Kier molecular flexibility index (Phi) is 7.19. The zero-order valence-electron chi connectivity index (χ0n) is 5.71. The molecule has 0 saturated heterocycles. The van der Waals surface area contributed by atoms with Crippen LogP contribution in [0.5, 0.6) is 0 Å². The van der Waals surface area contributed by atoms with Crippen molar-refractivity contribution in [3.63, 3.8) is 0 Å². The fraction of sp³-hybridized carbons (Fsp3) is 0.500. The Morgan fingerprint density at radius 1 is 1.56 bits per heavy atom. The van der Waals surface area contributed by atoms with Crippen molar-refractivity contribution in [1.82, 2.24) is 0 Å². The first-order chi connectivity index (χ1) is 3.48. The van der Waals surface area contributed by atoms with Crippen molar-refractivity contribution in [1.29, 1.82) is 0 Å². The third-order valence-electron chi connectivity index (χ3n) is 0.801. The molecule has 0 atom stereocenters. The molecule has 9 heavy (non-hydrogen) atoms. The van der Waals surface area contributed by atoms with Gasteiger partial charge < -0.3 is 4.55 Å². The summed E-state index contributed by atoms with van der Waals surface area (Å²) in [6.07, 6.45) is 1.27. The topological polar surface area (TPSA) is 57.2 Å². The molecule has 0 aromatic heterocycles. The molecule has 0 amide bonds. The average Bonchev–Trinajstić information content (AvgIpc) is 1.62. The molecular formula is C4H7KO3S. The molecule has 0 aliphatic heterocycles. The van der Waals surface area contributed by atoms with E-state index in [9.17, 15) is 13.0 Å². The Bertz CT molecular complexity index is 192. The summed E-state index contributed by atoms with van der Waals surface area (Å²) in [6.45, 7) is 2.77. The van der Waals surface area contributed by atoms with Gasteiger partial charge in [0.15, 0.2) is 0 Å². The average molecular weight is 174 g/mol. The Balaban J connectivity index is 0. The number of rotatable bonds is 1. The van der Waals surface area contributed by atoms with Gasteiger partial charge in [-0.25, -0.2) is 8.42 Å². The maximum absolute atomic E-state index is 9.94. The Labute approximate surface area is 97.7 Å². The largest absolute Gasteiger partial charge is 1.00 e. The molecule has 0 saturated carbocycles. The van der Waals surface area contributed by atoms with Crippen molar-refractivity contribution in [2.24, 2.45) is 0 Å². The maximum atomic E-state index is 9.94. The van der Waals surface area contributed by atoms with Gasteiger partial charge in [-0.05, 0) is 13.8 Å². The third kappa shape index (κ3) is 5.72. The number of hydrogen-bond acceptors (Lipinski definition) is 3. The van der Waals surface area contributed by atoms with Crippen LogP contribution in [0.3, 0.4) is 0 Å². The molecule has 0 bridgehead atoms. The molecule has 0 unspecified atom stereocenters. The van der Waals surface area contributed by atoms with Gasteiger partial charge in [-0.3, -0.25) is 0 Å². The molecule has 0 aromatic rings. The van der Waals surface area contributed by atoms with Gasteiger partial charge in [0, 0.05) is 4.91 Å². The van der Waals surface area contributed by atoms with E-state index in [4.69, 9.17) is 0 Å². The van der Waals surface area contributed by atoms with Crippen molar-refractivity contribution < 1.29 is 64.4 Å². The Morgan fingerprint density at radius 2 is 1.89 bits per heavy atom. The van der Waals surface area contributed by atoms with Gasteiger partial charge in [0.2, 0.25) is 0 Å². The van der Waals surface area contributed by atoms with E-state index in [2.05, 4.69) is 0 Å². The van der Waals surface area contributed by atoms with Crippen molar-refractivity contribution in [2.45, 2.75) is 13.8 Å². The van der Waals surface area contributed by atoms with Crippen LogP contribution in [0.15, 0.2) is 11.0 Å². The summed E-state index contributed by atoms with van der Waals surface area (Å²) in [6, 6.07) is 0. The van der Waals surface area contributed by atoms with Gasteiger partial charge in [-0.1, -0.05) is 6.08 Å². The van der Waals surface area contributed by atoms with Gasteiger partial charge in [-0.2, -0.15) is 0 Å². The Hall–Kier alpha value is 1.29. The normalized spacial score (nSPS) is 12.6. The molecule has 0 aliphatic carbocycles. The molecule has 0 fully saturated rings. The standard InChI is InChI=1S/C4H8O3S.K/c1-3-4(2)8(5,6)7;/h3H,1-2H3,(H,5,6,7);/q;+1/p-1/b4-3+;. The molecular weight excluding hydrogens is 167 g/mol. The molecule has 0 heterocycles. The first-order valence-corrected chi connectivity index (χ1v) is 3.48. The van der Waals surface area contributed by atoms with E-state index < -0.39 is 10.1 Å². The van der Waals surface area contributed by atoms with Crippen LogP contribution in [-0.2, 0) is 10.1 Å². The fourth-order valence-electron chi connectivity index (χ4n) is 0.144. The zero-order chi connectivity index (χ0) is 6.78. The van der Waals surface area contributed by atoms with E-state index >= 15 is 0 Å². The third-order valence-corrected chi connectivity index (χ3v) is 1.83. The molecule has 0 aliphatic rings. The van der Waals surface area contributed by atoms with Gasteiger partial charge in [0.25, 0.3) is 0 Å². The molecule has 3 nitrogen and oxygen atoms in total. The van der Waals surface area contributed by atoms with Crippen LogP contribution in [0, 0.1) is 0 Å². The first-order valence-electron chi connectivity index (χ1n) is 2.07. The van der Waals surface area contributed by atoms with Crippen LogP contribution in [0.1, 0.15) is 13.8 Å². The predicted octanol–water partition coefficient (Wildman–Crippen LogP) is -2.54. The Morgan fingerprint density at radius 3 is 1.89 bits per heavy atom. The second-order valence-electron chi connectivity index (χ2n) is 1.35. The van der Waals surface area contributed by atoms with E-state index in [1.54, 1.807) is 0 Å². The van der Waals surface area contributed by atoms with Crippen molar-refractivity contribution in [3.8, 4) is 0 Å². The smallest absolute Gasteiger partial charge is 0.744 e. The van der Waals surface area contributed by atoms with Gasteiger partial charge >= 0.3 is 51.4 Å².